The van der Waals surface area contributed by atoms with Gasteiger partial charge in [-0.1, -0.05) is 18.7 Å². The normalized spacial score (nSPS) is 15.9. The van der Waals surface area contributed by atoms with Crippen molar-refractivity contribution in [3.05, 3.63) is 37.1 Å². The zero-order valence-corrected chi connectivity index (χ0v) is 7.13. The smallest absolute Gasteiger partial charge is 0.111 e. The van der Waals surface area contributed by atoms with Crippen molar-refractivity contribution in [2.24, 2.45) is 5.73 Å². The molecule has 2 heteroatoms. The lowest BCUT2D eigenvalue weighted by Gasteiger charge is -2.13. The van der Waals surface area contributed by atoms with Crippen molar-refractivity contribution >= 4 is 0 Å². The van der Waals surface area contributed by atoms with Gasteiger partial charge < -0.3 is 10.5 Å². The van der Waals surface area contributed by atoms with Crippen LogP contribution in [0.3, 0.4) is 0 Å². The van der Waals surface area contributed by atoms with Crippen LogP contribution in [0, 0.1) is 0 Å². The lowest BCUT2D eigenvalue weighted by molar-refractivity contribution is 0.308. The third-order valence-corrected chi connectivity index (χ3v) is 1.33. The Hall–Kier alpha value is -1.02. The van der Waals surface area contributed by atoms with Crippen molar-refractivity contribution in [3.8, 4) is 0 Å². The highest BCUT2D eigenvalue weighted by Crippen LogP contribution is 2.04. The van der Waals surface area contributed by atoms with Crippen LogP contribution in [0.15, 0.2) is 37.1 Å². The summed E-state index contributed by atoms with van der Waals surface area (Å²) in [7, 11) is 1.56. The molecule has 0 heterocycles. The van der Waals surface area contributed by atoms with E-state index in [4.69, 9.17) is 10.5 Å². The Bertz CT molecular complexity index is 180. The molecule has 0 bridgehead atoms. The lowest BCUT2D eigenvalue weighted by Crippen LogP contribution is -2.30. The van der Waals surface area contributed by atoms with E-state index in [9.17, 15) is 0 Å². The quantitative estimate of drug-likeness (QED) is 0.378. The van der Waals surface area contributed by atoms with Gasteiger partial charge in [-0.05, 0) is 13.0 Å². The van der Waals surface area contributed by atoms with E-state index in [-0.39, 0.29) is 0 Å². The third-order valence-electron chi connectivity index (χ3n) is 1.33. The minimum absolute atomic E-state index is 0.485. The summed E-state index contributed by atoms with van der Waals surface area (Å²) in [4.78, 5) is 0. The number of methoxy groups -OCH3 is 1. The molecule has 0 spiro atoms. The number of nitrogens with two attached hydrogens (primary N) is 1. The van der Waals surface area contributed by atoms with E-state index in [1.165, 1.54) is 0 Å². The Morgan fingerprint density at radius 1 is 1.64 bits per heavy atom. The average molecular weight is 153 g/mol. The Balaban J connectivity index is 4.11. The van der Waals surface area contributed by atoms with Gasteiger partial charge in [0.15, 0.2) is 0 Å². The molecule has 1 unspecified atom stereocenters. The van der Waals surface area contributed by atoms with Crippen LogP contribution in [0.1, 0.15) is 6.92 Å². The predicted molar refractivity (Wildman–Crippen MR) is 48.1 cm³/mol. The summed E-state index contributed by atoms with van der Waals surface area (Å²) < 4.78 is 4.82. The number of hydrogen-bond donors (Lipinski definition) is 1. The van der Waals surface area contributed by atoms with Crippen LogP contribution >= 0.6 is 0 Å². The van der Waals surface area contributed by atoms with Gasteiger partial charge in [0.25, 0.3) is 0 Å². The fraction of sp³-hybridized carbons (Fsp3) is 0.333. The van der Waals surface area contributed by atoms with Gasteiger partial charge in [-0.3, -0.25) is 0 Å². The van der Waals surface area contributed by atoms with Gasteiger partial charge in [-0.25, -0.2) is 0 Å². The second-order valence-electron chi connectivity index (χ2n) is 2.57. The van der Waals surface area contributed by atoms with Gasteiger partial charge in [0, 0.05) is 5.54 Å². The Kier molecular flexibility index (Phi) is 3.61. The van der Waals surface area contributed by atoms with Gasteiger partial charge >= 0.3 is 0 Å². The molecule has 11 heavy (non-hydrogen) atoms. The fourth-order valence-electron chi connectivity index (χ4n) is 0.409. The molecule has 0 saturated heterocycles. The van der Waals surface area contributed by atoms with E-state index in [1.54, 1.807) is 25.3 Å². The molecule has 0 amide bonds. The average Bonchev–Trinajstić information content (AvgIpc) is 2.00. The monoisotopic (exact) mass is 153 g/mol. The molecule has 1 atom stereocenters. The maximum Gasteiger partial charge on any atom is 0.111 e. The standard InChI is InChI=1S/C9H15NO/c1-5-9(3,10)7-6-8(2)11-4/h5-7H,1-2,10H2,3-4H3/b7-6-. The second-order valence-corrected chi connectivity index (χ2v) is 2.57. The second kappa shape index (κ2) is 3.98. The number of hydrogen-bond acceptors (Lipinski definition) is 2. The molecule has 0 rings (SSSR count). The first-order valence-electron chi connectivity index (χ1n) is 3.36. The van der Waals surface area contributed by atoms with Crippen LogP contribution in [-0.4, -0.2) is 12.6 Å². The van der Waals surface area contributed by atoms with Crippen molar-refractivity contribution in [1.29, 1.82) is 0 Å². The summed E-state index contributed by atoms with van der Waals surface area (Å²) in [6, 6.07) is 0. The van der Waals surface area contributed by atoms with Gasteiger partial charge in [0.2, 0.25) is 0 Å². The predicted octanol–water partition coefficient (Wildman–Crippen LogP) is 1.61. The highest BCUT2D eigenvalue weighted by Gasteiger charge is 2.06. The van der Waals surface area contributed by atoms with Gasteiger partial charge in [0.1, 0.15) is 5.76 Å². The van der Waals surface area contributed by atoms with Crippen molar-refractivity contribution in [1.82, 2.24) is 0 Å². The number of allylic oxidation sites excluding steroid dienone is 1. The molecule has 62 valence electrons. The van der Waals surface area contributed by atoms with E-state index >= 15 is 0 Å². The molecule has 0 aliphatic carbocycles. The number of rotatable bonds is 4. The molecule has 0 aromatic rings. The summed E-state index contributed by atoms with van der Waals surface area (Å²) in [6.07, 6.45) is 5.17. The van der Waals surface area contributed by atoms with Crippen molar-refractivity contribution in [3.63, 3.8) is 0 Å². The van der Waals surface area contributed by atoms with Crippen LogP contribution in [0.2, 0.25) is 0 Å². The van der Waals surface area contributed by atoms with Crippen molar-refractivity contribution < 1.29 is 4.74 Å². The first-order valence-corrected chi connectivity index (χ1v) is 3.36. The van der Waals surface area contributed by atoms with Crippen molar-refractivity contribution in [2.45, 2.75) is 12.5 Å². The van der Waals surface area contributed by atoms with Crippen LogP contribution < -0.4 is 5.73 Å². The van der Waals surface area contributed by atoms with Gasteiger partial charge in [-0.15, -0.1) is 6.58 Å². The first kappa shape index (κ1) is 9.98. The van der Waals surface area contributed by atoms with Crippen LogP contribution in [-0.2, 0) is 4.74 Å². The topological polar surface area (TPSA) is 35.2 Å². The zero-order valence-electron chi connectivity index (χ0n) is 7.13. The molecule has 0 fully saturated rings. The van der Waals surface area contributed by atoms with E-state index < -0.39 is 5.54 Å². The summed E-state index contributed by atoms with van der Waals surface area (Å²) in [5.41, 5.74) is 5.23. The van der Waals surface area contributed by atoms with Crippen LogP contribution in [0.25, 0.3) is 0 Å². The Labute approximate surface area is 68.0 Å². The van der Waals surface area contributed by atoms with E-state index in [0.29, 0.717) is 5.76 Å². The van der Waals surface area contributed by atoms with Crippen LogP contribution in [0.5, 0.6) is 0 Å². The molecular weight excluding hydrogens is 138 g/mol. The summed E-state index contributed by atoms with van der Waals surface area (Å²) in [6.45, 7) is 9.05. The molecule has 0 aromatic carbocycles. The Morgan fingerprint density at radius 2 is 2.18 bits per heavy atom. The van der Waals surface area contributed by atoms with E-state index in [1.807, 2.05) is 6.92 Å². The number of ether oxygens (including phenoxy) is 1. The van der Waals surface area contributed by atoms with Crippen LogP contribution in [0.4, 0.5) is 0 Å². The first-order chi connectivity index (χ1) is 5.02. The Morgan fingerprint density at radius 3 is 2.55 bits per heavy atom. The minimum atomic E-state index is -0.485. The molecular formula is C9H15NO. The molecule has 0 aromatic heterocycles. The maximum absolute atomic E-state index is 5.72. The molecule has 0 aliphatic rings. The van der Waals surface area contributed by atoms with Gasteiger partial charge in [-0.2, -0.15) is 0 Å². The lowest BCUT2D eigenvalue weighted by atomic mass is 10.0. The van der Waals surface area contributed by atoms with E-state index in [0.717, 1.165) is 0 Å². The van der Waals surface area contributed by atoms with Crippen molar-refractivity contribution in [2.75, 3.05) is 7.11 Å². The molecule has 2 nitrogen and oxygen atoms in total. The fourth-order valence-corrected chi connectivity index (χ4v) is 0.409. The largest absolute Gasteiger partial charge is 0.497 e. The summed E-state index contributed by atoms with van der Waals surface area (Å²) in [5, 5.41) is 0. The molecule has 0 saturated carbocycles. The highest BCUT2D eigenvalue weighted by atomic mass is 16.5. The molecule has 0 radical (unpaired) electrons. The molecule has 0 aliphatic heterocycles. The third kappa shape index (κ3) is 4.39. The van der Waals surface area contributed by atoms with Gasteiger partial charge in [0.05, 0.1) is 7.11 Å². The SMILES string of the molecule is C=CC(C)(N)/C=C\C(=C)OC. The summed E-state index contributed by atoms with van der Waals surface area (Å²) >= 11 is 0. The van der Waals surface area contributed by atoms with E-state index in [2.05, 4.69) is 13.2 Å². The highest BCUT2D eigenvalue weighted by molar-refractivity contribution is 5.18. The molecule has 2 N–H and O–H groups in total. The summed E-state index contributed by atoms with van der Waals surface area (Å²) in [5.74, 6) is 0.587. The maximum atomic E-state index is 5.72. The zero-order chi connectivity index (χ0) is 8.91. The minimum Gasteiger partial charge on any atom is -0.497 e.